The van der Waals surface area contributed by atoms with Gasteiger partial charge in [-0.3, -0.25) is 9.89 Å². The molecule has 1 aromatic carbocycles. The van der Waals surface area contributed by atoms with Gasteiger partial charge in [0, 0.05) is 46.3 Å². The van der Waals surface area contributed by atoms with Crippen LogP contribution in [0, 0.1) is 0 Å². The number of rotatable bonds is 5. The van der Waals surface area contributed by atoms with Gasteiger partial charge in [-0.15, -0.1) is 24.0 Å². The molecule has 2 atom stereocenters. The van der Waals surface area contributed by atoms with Gasteiger partial charge in [0.15, 0.2) is 5.96 Å². The third-order valence-corrected chi connectivity index (χ3v) is 5.59. The minimum atomic E-state index is -0.492. The molecule has 1 amide bonds. The number of aliphatic imine (C=N–C) groups is 1. The molecule has 33 heavy (non-hydrogen) atoms. The number of nitrogens with one attached hydrogen (secondary N) is 2. The third kappa shape index (κ3) is 9.29. The molecule has 0 spiro atoms. The Balaban J connectivity index is 0.00000385. The lowest BCUT2D eigenvalue weighted by molar-refractivity contribution is -0.0212. The van der Waals surface area contributed by atoms with E-state index in [0.717, 1.165) is 45.2 Å². The Bertz CT molecular complexity index is 799. The van der Waals surface area contributed by atoms with Gasteiger partial charge in [0.05, 0.1) is 18.8 Å². The van der Waals surface area contributed by atoms with E-state index in [1.54, 1.807) is 7.05 Å². The molecule has 1 aromatic rings. The molecule has 0 aliphatic carbocycles. The molecule has 0 aromatic heterocycles. The van der Waals surface area contributed by atoms with Crippen LogP contribution in [0.4, 0.5) is 4.79 Å². The van der Waals surface area contributed by atoms with Crippen LogP contribution in [0.15, 0.2) is 29.3 Å². The van der Waals surface area contributed by atoms with Crippen LogP contribution in [-0.2, 0) is 22.6 Å². The molecule has 0 radical (unpaired) electrons. The maximum atomic E-state index is 12.1. The second-order valence-corrected chi connectivity index (χ2v) is 9.72. The van der Waals surface area contributed by atoms with Crippen molar-refractivity contribution in [3.63, 3.8) is 0 Å². The lowest BCUT2D eigenvalue weighted by Crippen LogP contribution is -2.44. The van der Waals surface area contributed by atoms with E-state index in [9.17, 15) is 4.79 Å². The number of carbonyl (C=O) groups is 1. The SMILES string of the molecule is CN=C(NCc1cccc(CN2CCOC(C)C2)c1)N1CCC(NC(=O)OC(C)(C)C)C1.I. The number of nitrogens with zero attached hydrogens (tertiary/aromatic N) is 3. The van der Waals surface area contributed by atoms with E-state index in [1.165, 1.54) is 11.1 Å². The molecule has 186 valence electrons. The molecular weight excluding hydrogens is 533 g/mol. The van der Waals surface area contributed by atoms with Crippen molar-refractivity contribution < 1.29 is 14.3 Å². The van der Waals surface area contributed by atoms with Crippen molar-refractivity contribution in [2.45, 2.75) is 65.0 Å². The van der Waals surface area contributed by atoms with E-state index in [2.05, 4.69) is 56.6 Å². The number of halogens is 1. The van der Waals surface area contributed by atoms with E-state index >= 15 is 0 Å². The summed E-state index contributed by atoms with van der Waals surface area (Å²) in [5.74, 6) is 0.853. The number of morpholine rings is 1. The van der Waals surface area contributed by atoms with Crippen molar-refractivity contribution in [1.82, 2.24) is 20.4 Å². The summed E-state index contributed by atoms with van der Waals surface area (Å²) in [5, 5.41) is 6.44. The molecule has 2 aliphatic rings. The highest BCUT2D eigenvalue weighted by molar-refractivity contribution is 14.0. The fourth-order valence-corrected chi connectivity index (χ4v) is 4.19. The quantitative estimate of drug-likeness (QED) is 0.320. The number of ether oxygens (including phenoxy) is 2. The summed E-state index contributed by atoms with van der Waals surface area (Å²) in [7, 11) is 1.80. The maximum absolute atomic E-state index is 12.1. The Morgan fingerprint density at radius 2 is 2.00 bits per heavy atom. The number of likely N-dealkylation sites (tertiary alicyclic amines) is 1. The fourth-order valence-electron chi connectivity index (χ4n) is 4.19. The van der Waals surface area contributed by atoms with Crippen molar-refractivity contribution in [2.75, 3.05) is 39.8 Å². The first-order chi connectivity index (χ1) is 15.2. The Morgan fingerprint density at radius 3 is 2.70 bits per heavy atom. The average molecular weight is 574 g/mol. The average Bonchev–Trinajstić information content (AvgIpc) is 3.15. The molecule has 3 rings (SSSR count). The number of carbonyl (C=O) groups excluding carboxylic acids is 1. The van der Waals surface area contributed by atoms with Gasteiger partial charge < -0.3 is 25.0 Å². The first-order valence-electron chi connectivity index (χ1n) is 11.6. The molecule has 2 N–H and O–H groups in total. The van der Waals surface area contributed by atoms with Gasteiger partial charge in [-0.1, -0.05) is 24.3 Å². The number of benzene rings is 1. The summed E-state index contributed by atoms with van der Waals surface area (Å²) in [6.07, 6.45) is 0.803. The minimum Gasteiger partial charge on any atom is -0.444 e. The van der Waals surface area contributed by atoms with Crippen LogP contribution in [-0.4, -0.2) is 79.4 Å². The molecule has 2 heterocycles. The van der Waals surface area contributed by atoms with Crippen LogP contribution >= 0.6 is 24.0 Å². The zero-order valence-electron chi connectivity index (χ0n) is 20.6. The maximum Gasteiger partial charge on any atom is 0.407 e. The van der Waals surface area contributed by atoms with Gasteiger partial charge >= 0.3 is 6.09 Å². The number of guanidine groups is 1. The highest BCUT2D eigenvalue weighted by atomic mass is 127. The molecule has 2 saturated heterocycles. The molecule has 9 heteroatoms. The minimum absolute atomic E-state index is 0. The zero-order chi connectivity index (χ0) is 23.1. The summed E-state index contributed by atoms with van der Waals surface area (Å²) >= 11 is 0. The lowest BCUT2D eigenvalue weighted by atomic mass is 10.1. The van der Waals surface area contributed by atoms with Crippen LogP contribution < -0.4 is 10.6 Å². The summed E-state index contributed by atoms with van der Waals surface area (Å²) in [6, 6.07) is 8.77. The van der Waals surface area contributed by atoms with Gasteiger partial charge in [0.1, 0.15) is 5.60 Å². The van der Waals surface area contributed by atoms with Crippen LogP contribution in [0.1, 0.15) is 45.2 Å². The van der Waals surface area contributed by atoms with Gasteiger partial charge in [-0.25, -0.2) is 4.79 Å². The largest absolute Gasteiger partial charge is 0.444 e. The lowest BCUT2D eigenvalue weighted by Gasteiger charge is -2.31. The topological polar surface area (TPSA) is 78.4 Å². The van der Waals surface area contributed by atoms with Crippen LogP contribution in [0.3, 0.4) is 0 Å². The van der Waals surface area contributed by atoms with Gasteiger partial charge in [-0.05, 0) is 45.2 Å². The van der Waals surface area contributed by atoms with E-state index < -0.39 is 5.60 Å². The Labute approximate surface area is 215 Å². The van der Waals surface area contributed by atoms with Gasteiger partial charge in [0.25, 0.3) is 0 Å². The molecule has 2 fully saturated rings. The third-order valence-electron chi connectivity index (χ3n) is 5.59. The highest BCUT2D eigenvalue weighted by Crippen LogP contribution is 2.14. The van der Waals surface area contributed by atoms with Gasteiger partial charge in [0.2, 0.25) is 0 Å². The monoisotopic (exact) mass is 573 g/mol. The summed E-state index contributed by atoms with van der Waals surface area (Å²) in [5.41, 5.74) is 2.05. The summed E-state index contributed by atoms with van der Waals surface area (Å²) in [4.78, 5) is 21.1. The number of hydrogen-bond donors (Lipinski definition) is 2. The zero-order valence-corrected chi connectivity index (χ0v) is 22.9. The molecular formula is C24H40IN5O3. The second-order valence-electron chi connectivity index (χ2n) is 9.72. The number of alkyl carbamates (subject to hydrolysis) is 1. The fraction of sp³-hybridized carbons (Fsp3) is 0.667. The van der Waals surface area contributed by atoms with Crippen molar-refractivity contribution in [3.8, 4) is 0 Å². The second kappa shape index (κ2) is 12.8. The van der Waals surface area contributed by atoms with Crippen LogP contribution in [0.5, 0.6) is 0 Å². The van der Waals surface area contributed by atoms with Crippen LogP contribution in [0.25, 0.3) is 0 Å². The molecule has 2 unspecified atom stereocenters. The van der Waals surface area contributed by atoms with Crippen molar-refractivity contribution in [3.05, 3.63) is 35.4 Å². The first-order valence-corrected chi connectivity index (χ1v) is 11.6. The predicted octanol–water partition coefficient (Wildman–Crippen LogP) is 3.20. The molecule has 2 aliphatic heterocycles. The van der Waals surface area contributed by atoms with E-state index in [1.807, 2.05) is 20.8 Å². The molecule has 8 nitrogen and oxygen atoms in total. The van der Waals surface area contributed by atoms with Gasteiger partial charge in [-0.2, -0.15) is 0 Å². The van der Waals surface area contributed by atoms with E-state index in [0.29, 0.717) is 19.2 Å². The summed E-state index contributed by atoms with van der Waals surface area (Å²) in [6.45, 7) is 13.7. The van der Waals surface area contributed by atoms with Crippen LogP contribution in [0.2, 0.25) is 0 Å². The Kier molecular flexibility index (Phi) is 10.7. The Morgan fingerprint density at radius 1 is 1.24 bits per heavy atom. The molecule has 0 saturated carbocycles. The van der Waals surface area contributed by atoms with E-state index in [-0.39, 0.29) is 36.1 Å². The predicted molar refractivity (Wildman–Crippen MR) is 142 cm³/mol. The normalized spacial score (nSPS) is 22.0. The van der Waals surface area contributed by atoms with Crippen molar-refractivity contribution in [2.24, 2.45) is 4.99 Å². The van der Waals surface area contributed by atoms with Crippen molar-refractivity contribution in [1.29, 1.82) is 0 Å². The van der Waals surface area contributed by atoms with E-state index in [4.69, 9.17) is 9.47 Å². The highest BCUT2D eigenvalue weighted by Gasteiger charge is 2.27. The standard InChI is InChI=1S/C24H39N5O3.HI/c1-18-15-28(11-12-31-18)16-20-8-6-7-19(13-20)14-26-22(25-5)29-10-9-21(17-29)27-23(30)32-24(2,3)4;/h6-8,13,18,21H,9-12,14-17H2,1-5H3,(H,25,26)(H,27,30);1H. The molecule has 0 bridgehead atoms. The number of amides is 1. The first kappa shape index (κ1) is 27.7. The summed E-state index contributed by atoms with van der Waals surface area (Å²) < 4.78 is 11.0. The Hall–Kier alpha value is -1.59. The smallest absolute Gasteiger partial charge is 0.407 e. The number of hydrogen-bond acceptors (Lipinski definition) is 5. The van der Waals surface area contributed by atoms with Crippen molar-refractivity contribution >= 4 is 36.0 Å².